The minimum Gasteiger partial charge on any atom is -0.508 e. The lowest BCUT2D eigenvalue weighted by molar-refractivity contribution is 0.0790. The molecule has 4 rings (SSSR count). The van der Waals surface area contributed by atoms with E-state index < -0.39 is 0 Å². The molecule has 0 bridgehead atoms. The molecule has 0 radical (unpaired) electrons. The third-order valence-corrected chi connectivity index (χ3v) is 4.83. The average molecular weight is 348 g/mol. The zero-order valence-electron chi connectivity index (χ0n) is 14.3. The van der Waals surface area contributed by atoms with Crippen molar-refractivity contribution in [2.75, 3.05) is 13.1 Å². The van der Waals surface area contributed by atoms with Crippen molar-refractivity contribution in [2.45, 2.75) is 18.9 Å². The van der Waals surface area contributed by atoms with E-state index in [0.717, 1.165) is 24.1 Å². The van der Waals surface area contributed by atoms with Crippen LogP contribution in [0.25, 0.3) is 0 Å². The van der Waals surface area contributed by atoms with E-state index in [0.29, 0.717) is 24.6 Å². The number of hydrogen-bond acceptors (Lipinski definition) is 4. The van der Waals surface area contributed by atoms with E-state index >= 15 is 0 Å². The van der Waals surface area contributed by atoms with Crippen molar-refractivity contribution in [2.24, 2.45) is 0 Å². The van der Waals surface area contributed by atoms with Crippen LogP contribution in [0.4, 0.5) is 0 Å². The van der Waals surface area contributed by atoms with Gasteiger partial charge in [0.15, 0.2) is 0 Å². The maximum atomic E-state index is 12.9. The fourth-order valence-corrected chi connectivity index (χ4v) is 3.45. The number of aromatic nitrogens is 3. The van der Waals surface area contributed by atoms with Crippen LogP contribution in [0.2, 0.25) is 0 Å². The van der Waals surface area contributed by atoms with Crippen molar-refractivity contribution in [3.63, 3.8) is 0 Å². The molecule has 1 fully saturated rings. The van der Waals surface area contributed by atoms with Crippen LogP contribution in [0.1, 0.15) is 33.8 Å². The van der Waals surface area contributed by atoms with Gasteiger partial charge in [-0.3, -0.25) is 4.79 Å². The second kappa shape index (κ2) is 7.00. The highest BCUT2D eigenvalue weighted by atomic mass is 16.3. The summed E-state index contributed by atoms with van der Waals surface area (Å²) in [6, 6.07) is 15.0. The van der Waals surface area contributed by atoms with Crippen LogP contribution in [-0.4, -0.2) is 43.8 Å². The summed E-state index contributed by atoms with van der Waals surface area (Å²) < 4.78 is 1.74. The predicted molar refractivity (Wildman–Crippen MR) is 96.9 cm³/mol. The second-order valence-corrected chi connectivity index (χ2v) is 6.62. The molecule has 0 saturated carbocycles. The molecule has 6 nitrogen and oxygen atoms in total. The van der Waals surface area contributed by atoms with Crippen LogP contribution in [0.15, 0.2) is 61.2 Å². The lowest BCUT2D eigenvalue weighted by Gasteiger charge is -2.17. The van der Waals surface area contributed by atoms with Crippen molar-refractivity contribution in [1.29, 1.82) is 0 Å². The fourth-order valence-electron chi connectivity index (χ4n) is 3.45. The van der Waals surface area contributed by atoms with E-state index in [4.69, 9.17) is 0 Å². The molecule has 1 atom stereocenters. The van der Waals surface area contributed by atoms with Crippen LogP contribution < -0.4 is 0 Å². The first-order valence-corrected chi connectivity index (χ1v) is 8.68. The quantitative estimate of drug-likeness (QED) is 0.787. The van der Waals surface area contributed by atoms with Gasteiger partial charge in [-0.2, -0.15) is 5.10 Å². The molecule has 0 spiro atoms. The van der Waals surface area contributed by atoms with Gasteiger partial charge in [0.1, 0.15) is 18.4 Å². The monoisotopic (exact) mass is 348 g/mol. The van der Waals surface area contributed by atoms with Gasteiger partial charge in [0, 0.05) is 24.6 Å². The Balaban J connectivity index is 1.45. The Hall–Kier alpha value is -3.15. The van der Waals surface area contributed by atoms with Crippen LogP contribution >= 0.6 is 0 Å². The number of amides is 1. The summed E-state index contributed by atoms with van der Waals surface area (Å²) in [7, 11) is 0. The van der Waals surface area contributed by atoms with Crippen LogP contribution in [0, 0.1) is 0 Å². The third-order valence-electron chi connectivity index (χ3n) is 4.83. The summed E-state index contributed by atoms with van der Waals surface area (Å²) in [6.07, 6.45) is 4.11. The minimum absolute atomic E-state index is 0.0618. The normalized spacial score (nSPS) is 16.8. The summed E-state index contributed by atoms with van der Waals surface area (Å²) >= 11 is 0. The molecule has 132 valence electrons. The molecule has 1 aliphatic heterocycles. The highest BCUT2D eigenvalue weighted by molar-refractivity contribution is 5.94. The first kappa shape index (κ1) is 16.3. The summed E-state index contributed by atoms with van der Waals surface area (Å²) in [5.74, 6) is 0.647. The largest absolute Gasteiger partial charge is 0.508 e. The van der Waals surface area contributed by atoms with Crippen LogP contribution in [-0.2, 0) is 6.54 Å². The van der Waals surface area contributed by atoms with E-state index in [2.05, 4.69) is 10.1 Å². The number of carbonyl (C=O) groups excluding carboxylic acids is 1. The van der Waals surface area contributed by atoms with E-state index in [1.54, 1.807) is 23.1 Å². The van der Waals surface area contributed by atoms with E-state index in [9.17, 15) is 9.90 Å². The van der Waals surface area contributed by atoms with Crippen molar-refractivity contribution in [3.8, 4) is 5.75 Å². The summed E-state index contributed by atoms with van der Waals surface area (Å²) in [5, 5.41) is 13.5. The number of aromatic hydroxyl groups is 1. The SMILES string of the molecule is O=C(c1cccc(Cn2cncn2)c1)N1CCC(c2ccc(O)cc2)C1. The lowest BCUT2D eigenvalue weighted by atomic mass is 9.98. The molecule has 6 heteroatoms. The Morgan fingerprint density at radius 1 is 1.19 bits per heavy atom. The van der Waals surface area contributed by atoms with Crippen LogP contribution in [0.3, 0.4) is 0 Å². The van der Waals surface area contributed by atoms with Crippen LogP contribution in [0.5, 0.6) is 5.75 Å². The van der Waals surface area contributed by atoms with Gasteiger partial charge < -0.3 is 10.0 Å². The van der Waals surface area contributed by atoms with Gasteiger partial charge in [-0.15, -0.1) is 0 Å². The standard InChI is InChI=1S/C20H20N4O2/c25-19-6-4-16(5-7-19)18-8-9-23(12-18)20(26)17-3-1-2-15(10-17)11-24-14-21-13-22-24/h1-7,10,13-14,18,25H,8-9,11-12H2. The Morgan fingerprint density at radius 2 is 2.04 bits per heavy atom. The topological polar surface area (TPSA) is 71.2 Å². The zero-order valence-corrected chi connectivity index (χ0v) is 14.3. The molecule has 3 aromatic rings. The first-order valence-electron chi connectivity index (χ1n) is 8.68. The zero-order chi connectivity index (χ0) is 17.9. The minimum atomic E-state index is 0.0618. The number of phenols is 1. The molecule has 2 aromatic carbocycles. The molecule has 0 aliphatic carbocycles. The number of hydrogen-bond donors (Lipinski definition) is 1. The van der Waals surface area contributed by atoms with Crippen molar-refractivity contribution in [1.82, 2.24) is 19.7 Å². The molecule has 1 N–H and O–H groups in total. The fraction of sp³-hybridized carbons (Fsp3) is 0.250. The molecule has 1 aliphatic rings. The third kappa shape index (κ3) is 3.44. The summed E-state index contributed by atoms with van der Waals surface area (Å²) in [6.45, 7) is 2.05. The number of phenolic OH excluding ortho intramolecular Hbond substituents is 1. The molecular formula is C20H20N4O2. The number of nitrogens with zero attached hydrogens (tertiary/aromatic N) is 4. The maximum absolute atomic E-state index is 12.9. The molecule has 1 aromatic heterocycles. The highest BCUT2D eigenvalue weighted by Gasteiger charge is 2.28. The Labute approximate surface area is 151 Å². The van der Waals surface area contributed by atoms with Gasteiger partial charge in [-0.05, 0) is 41.8 Å². The van der Waals surface area contributed by atoms with Crippen molar-refractivity contribution in [3.05, 3.63) is 77.9 Å². The van der Waals surface area contributed by atoms with Gasteiger partial charge in [-0.1, -0.05) is 24.3 Å². The van der Waals surface area contributed by atoms with Gasteiger partial charge in [-0.25, -0.2) is 9.67 Å². The van der Waals surface area contributed by atoms with E-state index in [1.807, 2.05) is 41.3 Å². The highest BCUT2D eigenvalue weighted by Crippen LogP contribution is 2.29. The Kier molecular flexibility index (Phi) is 4.39. The van der Waals surface area contributed by atoms with Crippen molar-refractivity contribution < 1.29 is 9.90 Å². The predicted octanol–water partition coefficient (Wildman–Crippen LogP) is 2.66. The van der Waals surface area contributed by atoms with Gasteiger partial charge >= 0.3 is 0 Å². The lowest BCUT2D eigenvalue weighted by Crippen LogP contribution is -2.28. The summed E-state index contributed by atoms with van der Waals surface area (Å²) in [5.41, 5.74) is 2.89. The number of rotatable bonds is 4. The number of carbonyl (C=O) groups is 1. The van der Waals surface area contributed by atoms with Gasteiger partial charge in [0.05, 0.1) is 6.54 Å². The average Bonchev–Trinajstić information content (AvgIpc) is 3.34. The summed E-state index contributed by atoms with van der Waals surface area (Å²) in [4.78, 5) is 18.7. The molecule has 1 amide bonds. The smallest absolute Gasteiger partial charge is 0.253 e. The molecular weight excluding hydrogens is 328 g/mol. The molecule has 1 unspecified atom stereocenters. The number of benzene rings is 2. The Bertz CT molecular complexity index is 890. The molecule has 26 heavy (non-hydrogen) atoms. The van der Waals surface area contributed by atoms with Gasteiger partial charge in [0.25, 0.3) is 5.91 Å². The van der Waals surface area contributed by atoms with E-state index in [-0.39, 0.29) is 11.7 Å². The molecule has 1 saturated heterocycles. The Morgan fingerprint density at radius 3 is 2.81 bits per heavy atom. The maximum Gasteiger partial charge on any atom is 0.253 e. The molecule has 2 heterocycles. The second-order valence-electron chi connectivity index (χ2n) is 6.62. The van der Waals surface area contributed by atoms with Crippen molar-refractivity contribution >= 4 is 5.91 Å². The first-order chi connectivity index (χ1) is 12.7. The van der Waals surface area contributed by atoms with Gasteiger partial charge in [0.2, 0.25) is 0 Å². The number of likely N-dealkylation sites (tertiary alicyclic amines) is 1. The van der Waals surface area contributed by atoms with E-state index in [1.165, 1.54) is 6.33 Å².